The number of nitrogens with zero attached hydrogens (tertiary/aromatic N) is 1. The van der Waals surface area contributed by atoms with Crippen molar-refractivity contribution in [2.24, 2.45) is 0 Å². The summed E-state index contributed by atoms with van der Waals surface area (Å²) < 4.78 is 15.0. The molecule has 1 N–H and O–H groups in total. The first-order valence-electron chi connectivity index (χ1n) is 6.39. The molecule has 1 heterocycles. The van der Waals surface area contributed by atoms with E-state index in [9.17, 15) is 14.0 Å². The minimum absolute atomic E-state index is 0.0104. The molecule has 1 aromatic heterocycles. The molecular weight excluding hydrogens is 283 g/mol. The number of nitrogens with one attached hydrogen (secondary N) is 1. The number of aromatic nitrogens is 2. The Morgan fingerprint density at radius 1 is 1.25 bits per heavy atom. The van der Waals surface area contributed by atoms with Crippen molar-refractivity contribution in [1.82, 2.24) is 9.55 Å². The molecule has 104 valence electrons. The third-order valence-electron chi connectivity index (χ3n) is 3.67. The van der Waals surface area contributed by atoms with Crippen LogP contribution in [0, 0.1) is 5.82 Å². The van der Waals surface area contributed by atoms with Crippen LogP contribution in [0.2, 0.25) is 5.15 Å². The molecule has 0 spiro atoms. The summed E-state index contributed by atoms with van der Waals surface area (Å²) in [6.07, 6.45) is 2.54. The highest BCUT2D eigenvalue weighted by Gasteiger charge is 2.26. The average molecular weight is 295 g/mol. The quantitative estimate of drug-likeness (QED) is 0.866. The first-order valence-corrected chi connectivity index (χ1v) is 6.76. The number of rotatable bonds is 2. The minimum Gasteiger partial charge on any atom is -0.297 e. The van der Waals surface area contributed by atoms with E-state index in [1.165, 1.54) is 18.2 Å². The van der Waals surface area contributed by atoms with E-state index in [0.717, 1.165) is 23.8 Å². The van der Waals surface area contributed by atoms with Crippen LogP contribution >= 0.6 is 11.6 Å². The van der Waals surface area contributed by atoms with Gasteiger partial charge in [-0.25, -0.2) is 9.18 Å². The summed E-state index contributed by atoms with van der Waals surface area (Å²) in [4.78, 5) is 26.8. The van der Waals surface area contributed by atoms with Gasteiger partial charge in [0.2, 0.25) is 0 Å². The van der Waals surface area contributed by atoms with Gasteiger partial charge < -0.3 is 0 Å². The molecule has 6 heteroatoms. The van der Waals surface area contributed by atoms with Gasteiger partial charge in [0.15, 0.2) is 0 Å². The van der Waals surface area contributed by atoms with Crippen LogP contribution in [0.5, 0.6) is 0 Å². The van der Waals surface area contributed by atoms with Crippen LogP contribution in [-0.2, 0) is 0 Å². The SMILES string of the molecule is O=c1[nH]c(Cl)c(-c2ccccc2F)c(=O)n1C1CCC1. The molecule has 1 saturated carbocycles. The Morgan fingerprint density at radius 3 is 2.55 bits per heavy atom. The highest BCUT2D eigenvalue weighted by Crippen LogP contribution is 2.30. The first-order chi connectivity index (χ1) is 9.59. The average Bonchev–Trinajstić information content (AvgIpc) is 2.34. The second-order valence-electron chi connectivity index (χ2n) is 4.86. The van der Waals surface area contributed by atoms with Gasteiger partial charge in [-0.1, -0.05) is 29.8 Å². The lowest BCUT2D eigenvalue weighted by molar-refractivity contribution is 0.297. The summed E-state index contributed by atoms with van der Waals surface area (Å²) in [6, 6.07) is 5.76. The zero-order chi connectivity index (χ0) is 14.3. The molecule has 1 aromatic carbocycles. The fraction of sp³-hybridized carbons (Fsp3) is 0.286. The molecule has 20 heavy (non-hydrogen) atoms. The number of benzene rings is 1. The van der Waals surface area contributed by atoms with Crippen LogP contribution in [0.25, 0.3) is 11.1 Å². The molecule has 0 aliphatic heterocycles. The number of halogens is 2. The summed E-state index contributed by atoms with van der Waals surface area (Å²) in [7, 11) is 0. The Bertz CT molecular complexity index is 777. The highest BCUT2D eigenvalue weighted by atomic mass is 35.5. The Balaban J connectivity index is 2.29. The van der Waals surface area contributed by atoms with E-state index in [4.69, 9.17) is 11.6 Å². The van der Waals surface area contributed by atoms with Gasteiger partial charge in [0.1, 0.15) is 11.0 Å². The highest BCUT2D eigenvalue weighted by molar-refractivity contribution is 6.32. The van der Waals surface area contributed by atoms with Crippen molar-refractivity contribution in [3.8, 4) is 11.1 Å². The van der Waals surface area contributed by atoms with E-state index in [-0.39, 0.29) is 22.3 Å². The van der Waals surface area contributed by atoms with E-state index in [1.54, 1.807) is 6.07 Å². The van der Waals surface area contributed by atoms with Crippen LogP contribution in [0.3, 0.4) is 0 Å². The Labute approximate surface area is 118 Å². The molecule has 0 bridgehead atoms. The first kappa shape index (κ1) is 13.1. The second kappa shape index (κ2) is 4.90. The smallest absolute Gasteiger partial charge is 0.297 e. The Hall–Kier alpha value is -1.88. The van der Waals surface area contributed by atoms with Gasteiger partial charge in [0.25, 0.3) is 5.56 Å². The standard InChI is InChI=1S/C14H12ClFN2O2/c15-12-11(9-6-1-2-7-10(9)16)13(19)18(14(20)17-12)8-4-3-5-8/h1-2,6-8H,3-5H2,(H,17,20). The van der Waals surface area contributed by atoms with Crippen LogP contribution in [0.4, 0.5) is 4.39 Å². The third kappa shape index (κ3) is 1.98. The number of hydrogen-bond donors (Lipinski definition) is 1. The molecule has 2 aromatic rings. The van der Waals surface area contributed by atoms with Gasteiger partial charge in [-0.05, 0) is 25.3 Å². The van der Waals surface area contributed by atoms with Crippen molar-refractivity contribution in [1.29, 1.82) is 0 Å². The van der Waals surface area contributed by atoms with Crippen LogP contribution in [-0.4, -0.2) is 9.55 Å². The predicted octanol–water partition coefficient (Wildman–Crippen LogP) is 2.72. The fourth-order valence-electron chi connectivity index (χ4n) is 2.40. The van der Waals surface area contributed by atoms with Crippen LogP contribution < -0.4 is 11.2 Å². The van der Waals surface area contributed by atoms with Gasteiger partial charge in [0, 0.05) is 11.6 Å². The van der Waals surface area contributed by atoms with Gasteiger partial charge in [0.05, 0.1) is 5.56 Å². The van der Waals surface area contributed by atoms with Crippen molar-refractivity contribution in [2.75, 3.05) is 0 Å². The zero-order valence-corrected chi connectivity index (χ0v) is 11.3. The molecule has 0 amide bonds. The number of hydrogen-bond acceptors (Lipinski definition) is 2. The topological polar surface area (TPSA) is 54.9 Å². The van der Waals surface area contributed by atoms with Crippen molar-refractivity contribution in [2.45, 2.75) is 25.3 Å². The molecule has 0 atom stereocenters. The van der Waals surface area contributed by atoms with Crippen molar-refractivity contribution < 1.29 is 4.39 Å². The minimum atomic E-state index is -0.543. The summed E-state index contributed by atoms with van der Waals surface area (Å²) >= 11 is 5.94. The lowest BCUT2D eigenvalue weighted by Gasteiger charge is -2.27. The van der Waals surface area contributed by atoms with Crippen LogP contribution in [0.1, 0.15) is 25.3 Å². The molecule has 1 aliphatic carbocycles. The summed E-state index contributed by atoms with van der Waals surface area (Å²) in [5.41, 5.74) is -0.957. The monoisotopic (exact) mass is 294 g/mol. The normalized spacial score (nSPS) is 15.1. The van der Waals surface area contributed by atoms with Gasteiger partial charge in [-0.2, -0.15) is 0 Å². The Kier molecular flexibility index (Phi) is 3.22. The lowest BCUT2D eigenvalue weighted by Crippen LogP contribution is -2.41. The zero-order valence-electron chi connectivity index (χ0n) is 10.5. The third-order valence-corrected chi connectivity index (χ3v) is 3.95. The van der Waals surface area contributed by atoms with Crippen molar-refractivity contribution in [3.05, 3.63) is 56.1 Å². The van der Waals surface area contributed by atoms with E-state index in [1.807, 2.05) is 0 Å². The number of aromatic amines is 1. The van der Waals surface area contributed by atoms with Crippen LogP contribution in [0.15, 0.2) is 33.9 Å². The maximum Gasteiger partial charge on any atom is 0.329 e. The second-order valence-corrected chi connectivity index (χ2v) is 5.24. The molecule has 1 fully saturated rings. The predicted molar refractivity (Wildman–Crippen MR) is 74.6 cm³/mol. The largest absolute Gasteiger partial charge is 0.329 e. The molecule has 0 unspecified atom stereocenters. The van der Waals surface area contributed by atoms with Gasteiger partial charge in [-0.3, -0.25) is 14.3 Å². The molecule has 0 saturated heterocycles. The lowest BCUT2D eigenvalue weighted by atomic mass is 9.92. The molecule has 1 aliphatic rings. The summed E-state index contributed by atoms with van der Waals surface area (Å²) in [5, 5.41) is -0.124. The molecule has 3 rings (SSSR count). The molecule has 0 radical (unpaired) electrons. The maximum absolute atomic E-state index is 13.9. The Morgan fingerprint density at radius 2 is 1.95 bits per heavy atom. The molecular formula is C14H12ClFN2O2. The molecule has 4 nitrogen and oxygen atoms in total. The maximum atomic E-state index is 13.9. The van der Waals surface area contributed by atoms with E-state index in [2.05, 4.69) is 4.98 Å². The van der Waals surface area contributed by atoms with E-state index >= 15 is 0 Å². The summed E-state index contributed by atoms with van der Waals surface area (Å²) in [5.74, 6) is -0.543. The van der Waals surface area contributed by atoms with Crippen molar-refractivity contribution >= 4 is 11.6 Å². The van der Waals surface area contributed by atoms with Gasteiger partial charge in [-0.15, -0.1) is 0 Å². The van der Waals surface area contributed by atoms with Gasteiger partial charge >= 0.3 is 5.69 Å². The number of H-pyrrole nitrogens is 1. The fourth-order valence-corrected chi connectivity index (χ4v) is 2.66. The van der Waals surface area contributed by atoms with Crippen molar-refractivity contribution in [3.63, 3.8) is 0 Å². The van der Waals surface area contributed by atoms with E-state index < -0.39 is 17.1 Å². The van der Waals surface area contributed by atoms with E-state index in [0.29, 0.717) is 0 Å². The summed E-state index contributed by atoms with van der Waals surface area (Å²) in [6.45, 7) is 0.